The smallest absolute Gasteiger partial charge is 0.246 e. The van der Waals surface area contributed by atoms with Crippen LogP contribution in [0.3, 0.4) is 0 Å². The first kappa shape index (κ1) is 15.8. The van der Waals surface area contributed by atoms with Gasteiger partial charge in [-0.05, 0) is 45.0 Å². The fraction of sp³-hybridized carbons (Fsp3) is 0.222. The highest BCUT2D eigenvalue weighted by Crippen LogP contribution is 2.13. The first-order chi connectivity index (χ1) is 10.5. The van der Waals surface area contributed by atoms with Crippen molar-refractivity contribution in [1.82, 2.24) is 0 Å². The van der Waals surface area contributed by atoms with Gasteiger partial charge in [-0.15, -0.1) is 0 Å². The van der Waals surface area contributed by atoms with Crippen molar-refractivity contribution in [1.29, 1.82) is 0 Å². The normalized spacial score (nSPS) is 11.6. The van der Waals surface area contributed by atoms with Gasteiger partial charge in [-0.3, -0.25) is 9.59 Å². The van der Waals surface area contributed by atoms with E-state index in [1.54, 1.807) is 31.2 Å². The van der Waals surface area contributed by atoms with Gasteiger partial charge in [-0.2, -0.15) is 0 Å². The Hall–Kier alpha value is -2.62. The van der Waals surface area contributed by atoms with Crippen LogP contribution in [0.25, 0.3) is 0 Å². The number of hydrogen-bond donors (Lipinski definition) is 2. The number of nitrogens with one attached hydrogen (secondary N) is 2. The largest absolute Gasteiger partial charge is 0.374 e. The van der Waals surface area contributed by atoms with E-state index in [4.69, 9.17) is 0 Å². The molecule has 0 aromatic heterocycles. The van der Waals surface area contributed by atoms with Crippen LogP contribution in [0.4, 0.5) is 11.4 Å². The van der Waals surface area contributed by atoms with E-state index in [9.17, 15) is 9.59 Å². The molecule has 1 unspecified atom stereocenters. The molecule has 0 spiro atoms. The molecule has 0 fully saturated rings. The number of carbonyl (C=O) groups is 2. The molecule has 1 amide bonds. The molecule has 0 aliphatic carbocycles. The average molecular weight is 296 g/mol. The topological polar surface area (TPSA) is 58.2 Å². The first-order valence-electron chi connectivity index (χ1n) is 7.21. The lowest BCUT2D eigenvalue weighted by atomic mass is 10.1. The van der Waals surface area contributed by atoms with Gasteiger partial charge in [0.25, 0.3) is 0 Å². The van der Waals surface area contributed by atoms with E-state index < -0.39 is 0 Å². The van der Waals surface area contributed by atoms with Gasteiger partial charge < -0.3 is 10.6 Å². The third-order valence-electron chi connectivity index (χ3n) is 3.36. The van der Waals surface area contributed by atoms with Crippen LogP contribution in [0.5, 0.6) is 0 Å². The van der Waals surface area contributed by atoms with Gasteiger partial charge in [-0.1, -0.05) is 29.8 Å². The molecule has 4 heteroatoms. The Morgan fingerprint density at radius 3 is 2.32 bits per heavy atom. The average Bonchev–Trinajstić information content (AvgIpc) is 2.49. The summed E-state index contributed by atoms with van der Waals surface area (Å²) < 4.78 is 0. The lowest BCUT2D eigenvalue weighted by Crippen LogP contribution is -2.31. The minimum Gasteiger partial charge on any atom is -0.374 e. The third-order valence-corrected chi connectivity index (χ3v) is 3.36. The van der Waals surface area contributed by atoms with Crippen molar-refractivity contribution >= 4 is 23.1 Å². The van der Waals surface area contributed by atoms with Crippen molar-refractivity contribution < 1.29 is 9.59 Å². The quantitative estimate of drug-likeness (QED) is 0.828. The summed E-state index contributed by atoms with van der Waals surface area (Å²) in [5.74, 6) is -0.178. The molecule has 22 heavy (non-hydrogen) atoms. The molecule has 0 bridgehead atoms. The van der Waals surface area contributed by atoms with E-state index in [2.05, 4.69) is 10.6 Å². The zero-order valence-corrected chi connectivity index (χ0v) is 13.0. The minimum absolute atomic E-state index is 0.0260. The highest BCUT2D eigenvalue weighted by Gasteiger charge is 2.13. The molecular weight excluding hydrogens is 276 g/mol. The van der Waals surface area contributed by atoms with Gasteiger partial charge in [0.15, 0.2) is 5.78 Å². The zero-order valence-electron chi connectivity index (χ0n) is 13.0. The van der Waals surface area contributed by atoms with Crippen molar-refractivity contribution in [2.75, 3.05) is 10.6 Å². The molecule has 0 saturated carbocycles. The van der Waals surface area contributed by atoms with E-state index in [0.29, 0.717) is 11.3 Å². The van der Waals surface area contributed by atoms with Crippen molar-refractivity contribution in [2.24, 2.45) is 0 Å². The van der Waals surface area contributed by atoms with E-state index >= 15 is 0 Å². The maximum Gasteiger partial charge on any atom is 0.246 e. The fourth-order valence-electron chi connectivity index (χ4n) is 2.03. The monoisotopic (exact) mass is 296 g/mol. The summed E-state index contributed by atoms with van der Waals surface area (Å²) in [6.45, 7) is 5.31. The van der Waals surface area contributed by atoms with Crippen LogP contribution >= 0.6 is 0 Å². The summed E-state index contributed by atoms with van der Waals surface area (Å²) >= 11 is 0. The number of aryl methyl sites for hydroxylation is 1. The van der Waals surface area contributed by atoms with Crippen LogP contribution in [0.2, 0.25) is 0 Å². The summed E-state index contributed by atoms with van der Waals surface area (Å²) in [6, 6.07) is 14.4. The summed E-state index contributed by atoms with van der Waals surface area (Å²) in [4.78, 5) is 23.6. The van der Waals surface area contributed by atoms with Gasteiger partial charge in [0, 0.05) is 16.9 Å². The Morgan fingerprint density at radius 2 is 1.68 bits per heavy atom. The molecule has 0 aliphatic rings. The van der Waals surface area contributed by atoms with E-state index in [0.717, 1.165) is 5.69 Å². The maximum absolute atomic E-state index is 12.2. The molecular formula is C18H20N2O2. The second-order valence-corrected chi connectivity index (χ2v) is 5.36. The minimum atomic E-state index is -0.385. The second kappa shape index (κ2) is 6.89. The summed E-state index contributed by atoms with van der Waals surface area (Å²) in [7, 11) is 0. The van der Waals surface area contributed by atoms with Crippen LogP contribution in [0, 0.1) is 6.92 Å². The number of benzene rings is 2. The van der Waals surface area contributed by atoms with Crippen molar-refractivity contribution in [3.05, 3.63) is 59.7 Å². The molecule has 2 aromatic rings. The second-order valence-electron chi connectivity index (χ2n) is 5.36. The molecule has 0 radical (unpaired) electrons. The molecule has 4 nitrogen and oxygen atoms in total. The Bertz CT molecular complexity index is 678. The maximum atomic E-state index is 12.2. The molecule has 114 valence electrons. The predicted molar refractivity (Wildman–Crippen MR) is 89.3 cm³/mol. The molecule has 2 aromatic carbocycles. The van der Waals surface area contributed by atoms with Gasteiger partial charge in [-0.25, -0.2) is 0 Å². The third kappa shape index (κ3) is 4.19. The molecule has 2 N–H and O–H groups in total. The van der Waals surface area contributed by atoms with Crippen molar-refractivity contribution in [2.45, 2.75) is 26.8 Å². The summed E-state index contributed by atoms with van der Waals surface area (Å²) in [5.41, 5.74) is 3.27. The number of Topliss-reactive ketones (excluding diaryl/α,β-unsaturated/α-hetero) is 1. The van der Waals surface area contributed by atoms with E-state index in [1.807, 2.05) is 31.2 Å². The summed E-state index contributed by atoms with van der Waals surface area (Å²) in [6.07, 6.45) is 0. The highest BCUT2D eigenvalue weighted by molar-refractivity contribution is 5.99. The highest BCUT2D eigenvalue weighted by atomic mass is 16.2. The first-order valence-corrected chi connectivity index (χ1v) is 7.21. The Labute approximate surface area is 130 Å². The van der Waals surface area contributed by atoms with Crippen molar-refractivity contribution in [3.8, 4) is 0 Å². The predicted octanol–water partition coefficient (Wildman–Crippen LogP) is 3.64. The zero-order chi connectivity index (χ0) is 16.1. The van der Waals surface area contributed by atoms with Gasteiger partial charge in [0.1, 0.15) is 6.04 Å². The van der Waals surface area contributed by atoms with Gasteiger partial charge in [0.2, 0.25) is 5.91 Å². The molecule has 0 aliphatic heterocycles. The number of amides is 1. The van der Waals surface area contributed by atoms with Gasteiger partial charge in [0.05, 0.1) is 0 Å². The van der Waals surface area contributed by atoms with Crippen LogP contribution in [0.15, 0.2) is 48.5 Å². The Morgan fingerprint density at radius 1 is 1.00 bits per heavy atom. The lowest BCUT2D eigenvalue weighted by molar-refractivity contribution is -0.116. The van der Waals surface area contributed by atoms with Crippen molar-refractivity contribution in [3.63, 3.8) is 0 Å². The number of rotatable bonds is 5. The molecule has 0 saturated heterocycles. The summed E-state index contributed by atoms with van der Waals surface area (Å²) in [5, 5.41) is 5.96. The van der Waals surface area contributed by atoms with Crippen LogP contribution in [-0.4, -0.2) is 17.7 Å². The van der Waals surface area contributed by atoms with Gasteiger partial charge >= 0.3 is 0 Å². The van der Waals surface area contributed by atoms with E-state index in [1.165, 1.54) is 12.5 Å². The Kier molecular flexibility index (Phi) is 4.94. The molecule has 2 rings (SSSR count). The van der Waals surface area contributed by atoms with E-state index in [-0.39, 0.29) is 17.7 Å². The lowest BCUT2D eigenvalue weighted by Gasteiger charge is -2.15. The fourth-order valence-corrected chi connectivity index (χ4v) is 2.03. The molecule has 1 atom stereocenters. The standard InChI is InChI=1S/C18H20N2O2/c1-12-7-9-16(10-8-12)19-13(2)18(22)20-17-6-4-5-15(11-17)14(3)21/h4-11,13,19H,1-3H3,(H,20,22). The number of hydrogen-bond acceptors (Lipinski definition) is 3. The number of carbonyl (C=O) groups excluding carboxylic acids is 2. The van der Waals surface area contributed by atoms with Crippen LogP contribution in [0.1, 0.15) is 29.8 Å². The SMILES string of the molecule is CC(=O)c1cccc(NC(=O)C(C)Nc2ccc(C)cc2)c1. The number of ketones is 1. The van der Waals surface area contributed by atoms with Crippen LogP contribution < -0.4 is 10.6 Å². The van der Waals surface area contributed by atoms with Crippen LogP contribution in [-0.2, 0) is 4.79 Å². The molecule has 0 heterocycles. The number of anilines is 2. The Balaban J connectivity index is 2.00.